The van der Waals surface area contributed by atoms with Crippen LogP contribution >= 0.6 is 11.3 Å². The van der Waals surface area contributed by atoms with Crippen molar-refractivity contribution in [3.05, 3.63) is 50.3 Å². The van der Waals surface area contributed by atoms with Gasteiger partial charge in [-0.25, -0.2) is 0 Å². The summed E-state index contributed by atoms with van der Waals surface area (Å²) in [4.78, 5) is 31.0. The van der Waals surface area contributed by atoms with Gasteiger partial charge in [-0.05, 0) is 32.9 Å². The van der Waals surface area contributed by atoms with Crippen LogP contribution in [-0.4, -0.2) is 27.4 Å². The lowest BCUT2D eigenvalue weighted by molar-refractivity contribution is -0.132. The van der Waals surface area contributed by atoms with Gasteiger partial charge in [0.25, 0.3) is 0 Å². The molecule has 21 heavy (non-hydrogen) atoms. The van der Waals surface area contributed by atoms with Crippen molar-refractivity contribution >= 4 is 17.2 Å². The molecule has 0 bridgehead atoms. The number of carbonyl (C=O) groups is 1. The van der Waals surface area contributed by atoms with E-state index >= 15 is 0 Å². The molecular formula is C15H19N3O2S. The van der Waals surface area contributed by atoms with Crippen LogP contribution in [0.15, 0.2) is 29.2 Å². The van der Waals surface area contributed by atoms with Crippen LogP contribution in [0.5, 0.6) is 0 Å². The van der Waals surface area contributed by atoms with Gasteiger partial charge in [0.05, 0.1) is 11.7 Å². The second kappa shape index (κ2) is 6.22. The molecule has 2 aromatic rings. The van der Waals surface area contributed by atoms with Gasteiger partial charge in [-0.2, -0.15) is 0 Å². The standard InChI is InChI=1S/C15H19N3O2S/c1-10-12(3)21-15(20)18(10)9-14(19)17(4)11(2)13-7-5-6-8-16-13/h5-8,11H,9H2,1-4H3. The van der Waals surface area contributed by atoms with Gasteiger partial charge < -0.3 is 4.90 Å². The zero-order chi connectivity index (χ0) is 15.6. The van der Waals surface area contributed by atoms with Crippen LogP contribution in [0, 0.1) is 13.8 Å². The highest BCUT2D eigenvalue weighted by atomic mass is 32.1. The summed E-state index contributed by atoms with van der Waals surface area (Å²) in [6.45, 7) is 5.75. The van der Waals surface area contributed by atoms with Crippen LogP contribution in [0.25, 0.3) is 0 Å². The predicted molar refractivity (Wildman–Crippen MR) is 83.5 cm³/mol. The molecule has 0 spiro atoms. The van der Waals surface area contributed by atoms with Gasteiger partial charge in [-0.3, -0.25) is 19.1 Å². The largest absolute Gasteiger partial charge is 0.336 e. The van der Waals surface area contributed by atoms with Crippen molar-refractivity contribution in [2.75, 3.05) is 7.05 Å². The normalized spacial score (nSPS) is 12.2. The summed E-state index contributed by atoms with van der Waals surface area (Å²) in [5, 5.41) is 0. The van der Waals surface area contributed by atoms with Crippen molar-refractivity contribution in [1.29, 1.82) is 0 Å². The maximum absolute atomic E-state index is 12.4. The number of likely N-dealkylation sites (N-methyl/N-ethyl adjacent to an activating group) is 1. The molecule has 2 heterocycles. The summed E-state index contributed by atoms with van der Waals surface area (Å²) in [7, 11) is 1.74. The van der Waals surface area contributed by atoms with E-state index in [4.69, 9.17) is 0 Å². The molecule has 2 rings (SSSR count). The topological polar surface area (TPSA) is 55.2 Å². The Kier molecular flexibility index (Phi) is 4.57. The Bertz CT molecular complexity index is 691. The van der Waals surface area contributed by atoms with Crippen molar-refractivity contribution in [3.8, 4) is 0 Å². The molecule has 5 nitrogen and oxygen atoms in total. The molecule has 0 aliphatic rings. The van der Waals surface area contributed by atoms with Gasteiger partial charge in [0.15, 0.2) is 0 Å². The number of nitrogens with zero attached hydrogens (tertiary/aromatic N) is 3. The Morgan fingerprint density at radius 2 is 2.14 bits per heavy atom. The lowest BCUT2D eigenvalue weighted by Gasteiger charge is -2.24. The van der Waals surface area contributed by atoms with Gasteiger partial charge in [0.2, 0.25) is 5.91 Å². The van der Waals surface area contributed by atoms with E-state index in [1.165, 1.54) is 15.9 Å². The first-order chi connectivity index (χ1) is 9.91. The fourth-order valence-corrected chi connectivity index (χ4v) is 2.89. The van der Waals surface area contributed by atoms with Crippen LogP contribution in [-0.2, 0) is 11.3 Å². The van der Waals surface area contributed by atoms with E-state index in [-0.39, 0.29) is 23.4 Å². The van der Waals surface area contributed by atoms with E-state index < -0.39 is 0 Å². The number of hydrogen-bond acceptors (Lipinski definition) is 4. The molecule has 0 saturated heterocycles. The third kappa shape index (κ3) is 3.21. The van der Waals surface area contributed by atoms with Crippen molar-refractivity contribution in [2.24, 2.45) is 0 Å². The quantitative estimate of drug-likeness (QED) is 0.869. The highest BCUT2D eigenvalue weighted by molar-refractivity contribution is 7.09. The van der Waals surface area contributed by atoms with Crippen molar-refractivity contribution in [2.45, 2.75) is 33.4 Å². The monoisotopic (exact) mass is 305 g/mol. The Balaban J connectivity index is 2.15. The van der Waals surface area contributed by atoms with Crippen LogP contribution in [0.1, 0.15) is 29.2 Å². The second-order valence-electron chi connectivity index (χ2n) is 5.03. The Morgan fingerprint density at radius 1 is 1.43 bits per heavy atom. The lowest BCUT2D eigenvalue weighted by atomic mass is 10.2. The number of amides is 1. The minimum Gasteiger partial charge on any atom is -0.336 e. The zero-order valence-electron chi connectivity index (χ0n) is 12.7. The summed E-state index contributed by atoms with van der Waals surface area (Å²) in [6.07, 6.45) is 1.71. The third-order valence-corrected chi connectivity index (χ3v) is 4.76. The first-order valence-electron chi connectivity index (χ1n) is 6.75. The first kappa shape index (κ1) is 15.4. The van der Waals surface area contributed by atoms with Gasteiger partial charge in [0, 0.05) is 23.8 Å². The number of carbonyl (C=O) groups excluding carboxylic acids is 1. The van der Waals surface area contributed by atoms with Gasteiger partial charge in [0.1, 0.15) is 6.54 Å². The minimum absolute atomic E-state index is 0.0721. The molecule has 0 N–H and O–H groups in total. The highest BCUT2D eigenvalue weighted by Gasteiger charge is 2.20. The second-order valence-corrected chi connectivity index (χ2v) is 6.20. The maximum Gasteiger partial charge on any atom is 0.308 e. The predicted octanol–water partition coefficient (Wildman–Crippen LogP) is 2.14. The third-order valence-electron chi connectivity index (χ3n) is 3.76. The van der Waals surface area contributed by atoms with Gasteiger partial charge >= 0.3 is 4.87 Å². The van der Waals surface area contributed by atoms with E-state index in [1.54, 1.807) is 18.1 Å². The molecule has 0 aliphatic carbocycles. The zero-order valence-corrected chi connectivity index (χ0v) is 13.5. The Hall–Kier alpha value is -1.95. The number of pyridine rings is 1. The first-order valence-corrected chi connectivity index (χ1v) is 7.57. The molecule has 0 aliphatic heterocycles. The van der Waals surface area contributed by atoms with Crippen LogP contribution in [0.4, 0.5) is 0 Å². The van der Waals surface area contributed by atoms with Crippen LogP contribution < -0.4 is 4.87 Å². The molecule has 112 valence electrons. The smallest absolute Gasteiger partial charge is 0.308 e. The summed E-state index contributed by atoms with van der Waals surface area (Å²) >= 11 is 1.18. The van der Waals surface area contributed by atoms with E-state index in [0.717, 1.165) is 16.3 Å². The fourth-order valence-electron chi connectivity index (χ4n) is 2.05. The molecule has 0 fully saturated rings. The van der Waals surface area contributed by atoms with Crippen LogP contribution in [0.2, 0.25) is 0 Å². The average molecular weight is 305 g/mol. The average Bonchev–Trinajstić information content (AvgIpc) is 2.73. The maximum atomic E-state index is 12.4. The molecular weight excluding hydrogens is 286 g/mol. The summed E-state index contributed by atoms with van der Waals surface area (Å²) in [5.41, 5.74) is 1.69. The number of rotatable bonds is 4. The molecule has 0 radical (unpaired) electrons. The van der Waals surface area contributed by atoms with Gasteiger partial charge in [-0.1, -0.05) is 17.4 Å². The minimum atomic E-state index is -0.130. The Morgan fingerprint density at radius 3 is 2.67 bits per heavy atom. The van der Waals surface area contributed by atoms with Crippen molar-refractivity contribution in [3.63, 3.8) is 0 Å². The lowest BCUT2D eigenvalue weighted by Crippen LogP contribution is -2.35. The van der Waals surface area contributed by atoms with Crippen molar-refractivity contribution < 1.29 is 4.79 Å². The fraction of sp³-hybridized carbons (Fsp3) is 0.400. The SMILES string of the molecule is Cc1sc(=O)n(CC(=O)N(C)C(C)c2ccccn2)c1C. The molecule has 1 amide bonds. The number of hydrogen-bond donors (Lipinski definition) is 0. The van der Waals surface area contributed by atoms with E-state index in [2.05, 4.69) is 4.98 Å². The number of aromatic nitrogens is 2. The van der Waals surface area contributed by atoms with E-state index in [0.29, 0.717) is 0 Å². The van der Waals surface area contributed by atoms with Crippen LogP contribution in [0.3, 0.4) is 0 Å². The molecule has 0 saturated carbocycles. The molecule has 2 aromatic heterocycles. The summed E-state index contributed by atoms with van der Waals surface area (Å²) in [5.74, 6) is -0.101. The molecule has 6 heteroatoms. The highest BCUT2D eigenvalue weighted by Crippen LogP contribution is 2.17. The number of thiazole rings is 1. The van der Waals surface area contributed by atoms with E-state index in [9.17, 15) is 9.59 Å². The van der Waals surface area contributed by atoms with Crippen molar-refractivity contribution in [1.82, 2.24) is 14.5 Å². The number of aryl methyl sites for hydroxylation is 1. The Labute approximate surface area is 127 Å². The summed E-state index contributed by atoms with van der Waals surface area (Å²) < 4.78 is 1.53. The van der Waals surface area contributed by atoms with Gasteiger partial charge in [-0.15, -0.1) is 0 Å². The molecule has 1 atom stereocenters. The summed E-state index contributed by atoms with van der Waals surface area (Å²) in [6, 6.07) is 5.50. The molecule has 1 unspecified atom stereocenters. The van der Waals surface area contributed by atoms with E-state index in [1.807, 2.05) is 39.0 Å². The molecule has 0 aromatic carbocycles.